The van der Waals surface area contributed by atoms with E-state index in [9.17, 15) is 14.0 Å². The number of halogens is 1. The van der Waals surface area contributed by atoms with Gasteiger partial charge in [0.2, 0.25) is 0 Å². The second-order valence-corrected chi connectivity index (χ2v) is 10.4. The van der Waals surface area contributed by atoms with Crippen molar-refractivity contribution in [2.24, 2.45) is 5.73 Å². The van der Waals surface area contributed by atoms with Gasteiger partial charge in [-0.3, -0.25) is 14.6 Å². The Morgan fingerprint density at radius 1 is 1.07 bits per heavy atom. The van der Waals surface area contributed by atoms with Crippen LogP contribution in [0.5, 0.6) is 5.75 Å². The Balaban J connectivity index is 1.33. The molecule has 7 nitrogen and oxygen atoms in total. The SMILES string of the molecule is COc1cc(C)c(Cc2ccc3oc(-c4ccc(F)cc4)c(C(N)=O)c3c2)cc1C(=O)NC1(c2ccccn2)CC1. The molecule has 6 rings (SSSR count). The first-order valence-corrected chi connectivity index (χ1v) is 13.3. The monoisotopic (exact) mass is 549 g/mol. The normalized spacial score (nSPS) is 13.6. The highest BCUT2D eigenvalue weighted by atomic mass is 19.1. The van der Waals surface area contributed by atoms with Crippen LogP contribution in [0, 0.1) is 12.7 Å². The maximum absolute atomic E-state index is 13.5. The highest BCUT2D eigenvalue weighted by molar-refractivity contribution is 6.10. The van der Waals surface area contributed by atoms with Gasteiger partial charge in [-0.15, -0.1) is 0 Å². The first kappa shape index (κ1) is 26.3. The van der Waals surface area contributed by atoms with Crippen molar-refractivity contribution in [2.45, 2.75) is 31.7 Å². The molecule has 8 heteroatoms. The van der Waals surface area contributed by atoms with Crippen LogP contribution >= 0.6 is 0 Å². The van der Waals surface area contributed by atoms with Crippen LogP contribution in [-0.2, 0) is 12.0 Å². The Morgan fingerprint density at radius 2 is 1.85 bits per heavy atom. The highest BCUT2D eigenvalue weighted by Gasteiger charge is 2.47. The molecule has 3 N–H and O–H groups in total. The summed E-state index contributed by atoms with van der Waals surface area (Å²) in [5, 5.41) is 3.76. The maximum Gasteiger partial charge on any atom is 0.255 e. The highest BCUT2D eigenvalue weighted by Crippen LogP contribution is 2.45. The number of nitrogens with one attached hydrogen (secondary N) is 1. The zero-order valence-electron chi connectivity index (χ0n) is 22.7. The predicted molar refractivity (Wildman–Crippen MR) is 153 cm³/mol. The van der Waals surface area contributed by atoms with Crippen LogP contribution in [0.25, 0.3) is 22.3 Å². The number of methoxy groups -OCH3 is 1. The maximum atomic E-state index is 13.5. The minimum Gasteiger partial charge on any atom is -0.496 e. The molecule has 1 saturated carbocycles. The van der Waals surface area contributed by atoms with Crippen LogP contribution in [0.4, 0.5) is 4.39 Å². The molecule has 1 aliphatic carbocycles. The molecule has 0 unspecified atom stereocenters. The summed E-state index contributed by atoms with van der Waals surface area (Å²) in [6.45, 7) is 1.97. The molecule has 0 radical (unpaired) electrons. The van der Waals surface area contributed by atoms with Crippen molar-refractivity contribution in [3.8, 4) is 17.1 Å². The number of hydrogen-bond acceptors (Lipinski definition) is 5. The minimum atomic E-state index is -0.637. The summed E-state index contributed by atoms with van der Waals surface area (Å²) in [5.41, 5.74) is 10.7. The second kappa shape index (κ2) is 10.2. The van der Waals surface area contributed by atoms with Crippen molar-refractivity contribution < 1.29 is 23.1 Å². The molecule has 41 heavy (non-hydrogen) atoms. The van der Waals surface area contributed by atoms with Crippen LogP contribution in [-0.4, -0.2) is 23.9 Å². The molecule has 0 aliphatic heterocycles. The summed E-state index contributed by atoms with van der Waals surface area (Å²) in [7, 11) is 1.55. The fourth-order valence-electron chi connectivity index (χ4n) is 5.29. The predicted octanol–water partition coefficient (Wildman–Crippen LogP) is 6.06. The van der Waals surface area contributed by atoms with Gasteiger partial charge in [0.1, 0.15) is 22.9 Å². The largest absolute Gasteiger partial charge is 0.496 e. The molecule has 1 fully saturated rings. The van der Waals surface area contributed by atoms with Crippen LogP contribution in [0.3, 0.4) is 0 Å². The number of furan rings is 1. The Bertz CT molecular complexity index is 1790. The Kier molecular flexibility index (Phi) is 6.53. The Labute approximate surface area is 236 Å². The summed E-state index contributed by atoms with van der Waals surface area (Å²) in [5.74, 6) is -0.463. The van der Waals surface area contributed by atoms with Crippen LogP contribution < -0.4 is 15.8 Å². The smallest absolute Gasteiger partial charge is 0.255 e. The van der Waals surface area contributed by atoms with E-state index < -0.39 is 11.4 Å². The summed E-state index contributed by atoms with van der Waals surface area (Å²) < 4.78 is 25.1. The van der Waals surface area contributed by atoms with E-state index in [1.54, 1.807) is 31.5 Å². The van der Waals surface area contributed by atoms with Crippen LogP contribution in [0.2, 0.25) is 0 Å². The number of aromatic nitrogens is 1. The van der Waals surface area contributed by atoms with Crippen molar-refractivity contribution in [3.63, 3.8) is 0 Å². The fraction of sp³-hybridized carbons (Fsp3) is 0.182. The van der Waals surface area contributed by atoms with Gasteiger partial charge in [0.25, 0.3) is 11.8 Å². The molecule has 206 valence electrons. The van der Waals surface area contributed by atoms with Gasteiger partial charge in [-0.05, 0) is 104 Å². The first-order valence-electron chi connectivity index (χ1n) is 13.3. The lowest BCUT2D eigenvalue weighted by Gasteiger charge is -2.19. The molecule has 2 heterocycles. The number of nitrogens with zero attached hydrogens (tertiary/aromatic N) is 1. The number of benzene rings is 3. The van der Waals surface area contributed by atoms with Gasteiger partial charge in [-0.1, -0.05) is 12.1 Å². The lowest BCUT2D eigenvalue weighted by Crippen LogP contribution is -2.35. The molecule has 5 aromatic rings. The molecular weight excluding hydrogens is 521 g/mol. The van der Waals surface area contributed by atoms with Crippen LogP contribution in [0.1, 0.15) is 55.9 Å². The number of fused-ring (bicyclic) bond motifs is 1. The van der Waals surface area contributed by atoms with E-state index in [1.165, 1.54) is 12.1 Å². The quantitative estimate of drug-likeness (QED) is 0.245. The number of pyridine rings is 1. The Hall–Kier alpha value is -4.98. The third-order valence-corrected chi connectivity index (χ3v) is 7.66. The fourth-order valence-corrected chi connectivity index (χ4v) is 5.29. The van der Waals surface area contributed by atoms with Crippen molar-refractivity contribution in [3.05, 3.63) is 118 Å². The van der Waals surface area contributed by atoms with E-state index in [0.29, 0.717) is 40.0 Å². The molecule has 2 amide bonds. The molecule has 0 atom stereocenters. The van der Waals surface area contributed by atoms with E-state index in [-0.39, 0.29) is 17.3 Å². The van der Waals surface area contributed by atoms with Crippen LogP contribution in [0.15, 0.2) is 83.4 Å². The van der Waals surface area contributed by atoms with E-state index >= 15 is 0 Å². The number of primary amides is 1. The van der Waals surface area contributed by atoms with Crippen molar-refractivity contribution in [1.82, 2.24) is 10.3 Å². The summed E-state index contributed by atoms with van der Waals surface area (Å²) in [4.78, 5) is 30.5. The molecular formula is C33H28FN3O4. The third-order valence-electron chi connectivity index (χ3n) is 7.66. The van der Waals surface area contributed by atoms with Gasteiger partial charge in [0, 0.05) is 17.1 Å². The van der Waals surface area contributed by atoms with Gasteiger partial charge >= 0.3 is 0 Å². The second-order valence-electron chi connectivity index (χ2n) is 10.4. The summed E-state index contributed by atoms with van der Waals surface area (Å²) in [6, 6.07) is 20.7. The number of carbonyl (C=O) groups excluding carboxylic acids is 2. The zero-order valence-corrected chi connectivity index (χ0v) is 22.7. The van der Waals surface area contributed by atoms with Crippen molar-refractivity contribution in [2.75, 3.05) is 7.11 Å². The molecule has 0 saturated heterocycles. The number of nitrogens with two attached hydrogens (primary N) is 1. The summed E-state index contributed by atoms with van der Waals surface area (Å²) in [6.07, 6.45) is 3.87. The number of carbonyl (C=O) groups is 2. The van der Waals surface area contributed by atoms with E-state index in [1.807, 2.05) is 49.4 Å². The average molecular weight is 550 g/mol. The van der Waals surface area contributed by atoms with E-state index in [2.05, 4.69) is 10.3 Å². The average Bonchev–Trinajstić information content (AvgIpc) is 3.65. The number of aryl methyl sites for hydroxylation is 1. The standard InChI is InChI=1S/C33H28FN3O4/c1-19-15-27(40-2)25(32(39)37-33(12-13-33)28-5-3-4-14-36-28)18-22(19)16-20-6-11-26-24(17-20)29(31(35)38)30(41-26)21-7-9-23(34)10-8-21/h3-11,14-15,17-18H,12-13,16H2,1-2H3,(H2,35,38)(H,37,39). The van der Waals surface area contributed by atoms with Gasteiger partial charge in [-0.2, -0.15) is 0 Å². The number of ether oxygens (including phenoxy) is 1. The molecule has 0 bridgehead atoms. The molecule has 3 aromatic carbocycles. The minimum absolute atomic E-state index is 0.225. The lowest BCUT2D eigenvalue weighted by molar-refractivity contribution is 0.0925. The molecule has 0 spiro atoms. The van der Waals surface area contributed by atoms with E-state index in [4.69, 9.17) is 14.9 Å². The third kappa shape index (κ3) is 4.93. The topological polar surface area (TPSA) is 107 Å². The number of rotatable bonds is 8. The first-order chi connectivity index (χ1) is 19.8. The molecule has 2 aromatic heterocycles. The summed E-state index contributed by atoms with van der Waals surface area (Å²) >= 11 is 0. The molecule has 1 aliphatic rings. The number of hydrogen-bond donors (Lipinski definition) is 2. The van der Waals surface area contributed by atoms with Gasteiger partial charge in [0.05, 0.1) is 29.5 Å². The van der Waals surface area contributed by atoms with Crippen molar-refractivity contribution >= 4 is 22.8 Å². The van der Waals surface area contributed by atoms with Gasteiger partial charge in [0.15, 0.2) is 0 Å². The van der Waals surface area contributed by atoms with E-state index in [0.717, 1.165) is 35.2 Å². The van der Waals surface area contributed by atoms with Crippen molar-refractivity contribution in [1.29, 1.82) is 0 Å². The Morgan fingerprint density at radius 3 is 2.51 bits per heavy atom. The van der Waals surface area contributed by atoms with Gasteiger partial charge in [-0.25, -0.2) is 4.39 Å². The zero-order chi connectivity index (χ0) is 28.7. The van der Waals surface area contributed by atoms with Gasteiger partial charge < -0.3 is 20.2 Å². The number of amides is 2. The lowest BCUT2D eigenvalue weighted by atomic mass is 9.95.